The summed E-state index contributed by atoms with van der Waals surface area (Å²) in [6.07, 6.45) is -0.288. The molecule has 0 saturated carbocycles. The third-order valence-electron chi connectivity index (χ3n) is 4.89. The Morgan fingerprint density at radius 3 is 2.52 bits per heavy atom. The number of ether oxygens (including phenoxy) is 1. The molecule has 0 aromatic heterocycles. The van der Waals surface area contributed by atoms with Gasteiger partial charge in [-0.05, 0) is 40.8 Å². The predicted molar refractivity (Wildman–Crippen MR) is 127 cm³/mol. The zero-order valence-electron chi connectivity index (χ0n) is 17.8. The summed E-state index contributed by atoms with van der Waals surface area (Å²) in [5, 5.41) is 9.28. The van der Waals surface area contributed by atoms with E-state index in [-0.39, 0.29) is 17.7 Å². The minimum Gasteiger partial charge on any atom is -0.495 e. The van der Waals surface area contributed by atoms with Crippen LogP contribution >= 0.6 is 35.0 Å². The number of aliphatic carboxylic acids is 1. The maximum atomic E-state index is 13.5. The maximum absolute atomic E-state index is 13.5. The first-order valence-corrected chi connectivity index (χ1v) is 11.5. The van der Waals surface area contributed by atoms with Crippen LogP contribution in [-0.2, 0) is 9.59 Å². The van der Waals surface area contributed by atoms with Crippen molar-refractivity contribution in [1.82, 2.24) is 0 Å². The number of benzene rings is 2. The van der Waals surface area contributed by atoms with E-state index < -0.39 is 16.5 Å². The van der Waals surface area contributed by atoms with Crippen LogP contribution in [-0.4, -0.2) is 35.9 Å². The lowest BCUT2D eigenvalue weighted by molar-refractivity contribution is -0.138. The van der Waals surface area contributed by atoms with Gasteiger partial charge in [0.2, 0.25) is 5.91 Å². The summed E-state index contributed by atoms with van der Waals surface area (Å²) in [5.41, 5.74) is 2.08. The largest absolute Gasteiger partial charge is 0.495 e. The Balaban J connectivity index is 2.25. The van der Waals surface area contributed by atoms with Crippen LogP contribution in [0.2, 0.25) is 10.0 Å². The number of anilines is 1. The number of methoxy groups -OCH3 is 1. The van der Waals surface area contributed by atoms with Gasteiger partial charge in [0.15, 0.2) is 0 Å². The van der Waals surface area contributed by atoms with Crippen LogP contribution in [0.1, 0.15) is 43.6 Å². The molecule has 2 atom stereocenters. The van der Waals surface area contributed by atoms with E-state index >= 15 is 0 Å². The lowest BCUT2D eigenvalue weighted by atomic mass is 9.94. The van der Waals surface area contributed by atoms with Gasteiger partial charge in [0, 0.05) is 17.3 Å². The van der Waals surface area contributed by atoms with Crippen LogP contribution in [0.5, 0.6) is 5.75 Å². The number of hydrogen-bond acceptors (Lipinski definition) is 4. The predicted octanol–water partition coefficient (Wildman–Crippen LogP) is 6.06. The van der Waals surface area contributed by atoms with Crippen molar-refractivity contribution < 1.29 is 19.4 Å². The Morgan fingerprint density at radius 2 is 1.90 bits per heavy atom. The van der Waals surface area contributed by atoms with Gasteiger partial charge in [0.1, 0.15) is 5.75 Å². The number of carbonyl (C=O) groups is 2. The van der Waals surface area contributed by atoms with Gasteiger partial charge in [-0.1, -0.05) is 56.1 Å². The number of fused-ring (bicyclic) bond motifs is 1. The van der Waals surface area contributed by atoms with Crippen molar-refractivity contribution in [2.45, 2.75) is 37.7 Å². The average molecular weight is 482 g/mol. The molecule has 166 valence electrons. The first-order valence-electron chi connectivity index (χ1n) is 9.82. The Kier molecular flexibility index (Phi) is 7.14. The minimum atomic E-state index is -1.03. The van der Waals surface area contributed by atoms with Gasteiger partial charge in [0.25, 0.3) is 0 Å². The van der Waals surface area contributed by atoms with Crippen LogP contribution in [0.15, 0.2) is 36.4 Å². The Hall–Kier alpha value is -1.89. The molecule has 1 aliphatic heterocycles. The molecule has 1 aliphatic rings. The Labute approximate surface area is 196 Å². The number of halogens is 2. The molecular weight excluding hydrogens is 457 g/mol. The summed E-state index contributed by atoms with van der Waals surface area (Å²) in [5.74, 6) is -0.742. The molecule has 0 fully saturated rings. The number of amides is 1. The highest BCUT2D eigenvalue weighted by Crippen LogP contribution is 2.50. The van der Waals surface area contributed by atoms with Gasteiger partial charge in [0.05, 0.1) is 29.1 Å². The van der Waals surface area contributed by atoms with Gasteiger partial charge in [-0.2, -0.15) is 0 Å². The molecule has 0 aliphatic carbocycles. The zero-order valence-corrected chi connectivity index (χ0v) is 20.1. The van der Waals surface area contributed by atoms with Crippen LogP contribution in [0, 0.1) is 5.41 Å². The first kappa shape index (κ1) is 23.8. The van der Waals surface area contributed by atoms with Gasteiger partial charge in [-0.15, -0.1) is 11.8 Å². The van der Waals surface area contributed by atoms with E-state index in [9.17, 15) is 14.7 Å². The smallest absolute Gasteiger partial charge is 0.305 e. The van der Waals surface area contributed by atoms with Gasteiger partial charge in [-0.25, -0.2) is 0 Å². The molecule has 0 saturated heterocycles. The van der Waals surface area contributed by atoms with Gasteiger partial charge < -0.3 is 14.7 Å². The van der Waals surface area contributed by atoms with Crippen molar-refractivity contribution >= 4 is 52.5 Å². The molecule has 0 radical (unpaired) electrons. The van der Waals surface area contributed by atoms with Crippen LogP contribution in [0.25, 0.3) is 0 Å². The topological polar surface area (TPSA) is 66.8 Å². The fraction of sp³-hybridized carbons (Fsp3) is 0.391. The standard InChI is InChI=1S/C23H25Cl2NO4S/c1-23(2,3)12-26-16-9-8-13(24)10-15(16)21(31-18(22(26)29)11-19(27)28)14-6-5-7-17(30-4)20(14)25/h5-10,18,21H,11-12H2,1-4H3,(H,27,28)/t18-,21-/m1/s1. The fourth-order valence-corrected chi connectivity index (χ4v) is 5.68. The van der Waals surface area contributed by atoms with Gasteiger partial charge >= 0.3 is 5.97 Å². The third kappa shape index (κ3) is 5.30. The number of carboxylic acid groups (broad SMARTS) is 1. The Bertz CT molecular complexity index is 1010. The summed E-state index contributed by atoms with van der Waals surface area (Å²) >= 11 is 14.3. The van der Waals surface area contributed by atoms with Crippen molar-refractivity contribution in [3.63, 3.8) is 0 Å². The molecule has 1 N–H and O–H groups in total. The second-order valence-corrected chi connectivity index (χ2v) is 10.8. The third-order valence-corrected chi connectivity index (χ3v) is 7.01. The summed E-state index contributed by atoms with van der Waals surface area (Å²) < 4.78 is 5.38. The SMILES string of the molecule is COc1cccc([C@H]2S[C@H](CC(=O)O)C(=O)N(CC(C)(C)C)c3ccc(Cl)cc32)c1Cl. The van der Waals surface area contributed by atoms with Crippen LogP contribution < -0.4 is 9.64 Å². The molecule has 5 nitrogen and oxygen atoms in total. The van der Waals surface area contributed by atoms with E-state index in [1.807, 2.05) is 45.0 Å². The molecule has 0 spiro atoms. The van der Waals surface area contributed by atoms with E-state index in [0.29, 0.717) is 28.0 Å². The van der Waals surface area contributed by atoms with E-state index in [0.717, 1.165) is 11.1 Å². The monoisotopic (exact) mass is 481 g/mol. The second kappa shape index (κ2) is 9.31. The molecule has 1 amide bonds. The molecular formula is C23H25Cl2NO4S. The summed E-state index contributed by atoms with van der Waals surface area (Å²) in [6, 6.07) is 10.9. The van der Waals surface area contributed by atoms with Crippen molar-refractivity contribution in [2.24, 2.45) is 5.41 Å². The van der Waals surface area contributed by atoms with Crippen molar-refractivity contribution in [2.75, 3.05) is 18.6 Å². The lowest BCUT2D eigenvalue weighted by Gasteiger charge is -2.31. The van der Waals surface area contributed by atoms with E-state index in [1.165, 1.54) is 18.9 Å². The molecule has 3 rings (SSSR count). The van der Waals surface area contributed by atoms with Gasteiger partial charge in [-0.3, -0.25) is 9.59 Å². The molecule has 8 heteroatoms. The van der Waals surface area contributed by atoms with E-state index in [1.54, 1.807) is 17.0 Å². The van der Waals surface area contributed by atoms with Crippen molar-refractivity contribution in [3.05, 3.63) is 57.6 Å². The summed E-state index contributed by atoms with van der Waals surface area (Å²) in [6.45, 7) is 6.55. The Morgan fingerprint density at radius 1 is 1.19 bits per heavy atom. The minimum absolute atomic E-state index is 0.196. The normalized spacial score (nSPS) is 19.0. The van der Waals surface area contributed by atoms with E-state index in [4.69, 9.17) is 27.9 Å². The fourth-order valence-electron chi connectivity index (χ4n) is 3.63. The summed E-state index contributed by atoms with van der Waals surface area (Å²) in [7, 11) is 1.54. The molecule has 31 heavy (non-hydrogen) atoms. The lowest BCUT2D eigenvalue weighted by Crippen LogP contribution is -2.42. The number of rotatable bonds is 5. The summed E-state index contributed by atoms with van der Waals surface area (Å²) in [4.78, 5) is 26.8. The molecule has 0 unspecified atom stereocenters. The van der Waals surface area contributed by atoms with Crippen molar-refractivity contribution in [3.8, 4) is 5.75 Å². The maximum Gasteiger partial charge on any atom is 0.305 e. The average Bonchev–Trinajstić information content (AvgIpc) is 2.77. The highest BCUT2D eigenvalue weighted by molar-refractivity contribution is 8.01. The first-order chi connectivity index (χ1) is 14.5. The number of nitrogens with zero attached hydrogens (tertiary/aromatic N) is 1. The number of hydrogen-bond donors (Lipinski definition) is 1. The zero-order chi connectivity index (χ0) is 22.9. The molecule has 1 heterocycles. The van der Waals surface area contributed by atoms with E-state index in [2.05, 4.69) is 0 Å². The van der Waals surface area contributed by atoms with Crippen LogP contribution in [0.3, 0.4) is 0 Å². The quantitative estimate of drug-likeness (QED) is 0.561. The van der Waals surface area contributed by atoms with Crippen LogP contribution in [0.4, 0.5) is 5.69 Å². The number of thioether (sulfide) groups is 1. The highest BCUT2D eigenvalue weighted by Gasteiger charge is 2.39. The highest BCUT2D eigenvalue weighted by atomic mass is 35.5. The molecule has 2 aromatic rings. The molecule has 0 bridgehead atoms. The molecule has 2 aromatic carbocycles. The second-order valence-electron chi connectivity index (χ2n) is 8.65. The van der Waals surface area contributed by atoms with Crippen molar-refractivity contribution in [1.29, 1.82) is 0 Å². The number of carbonyl (C=O) groups excluding carboxylic acids is 1. The number of carboxylic acids is 1.